The second-order valence-corrected chi connectivity index (χ2v) is 7.21. The number of carbonyl (C=O) groups is 1. The van der Waals surface area contributed by atoms with Crippen molar-refractivity contribution in [3.63, 3.8) is 0 Å². The Bertz CT molecular complexity index is 519. The maximum atomic E-state index is 12.4. The molecule has 4 heteroatoms. The molecular formula is C19H29N3O. The van der Waals surface area contributed by atoms with Crippen molar-refractivity contribution < 1.29 is 4.79 Å². The lowest BCUT2D eigenvalue weighted by Crippen LogP contribution is -2.49. The fourth-order valence-electron chi connectivity index (χ4n) is 3.84. The van der Waals surface area contributed by atoms with Crippen molar-refractivity contribution in [1.29, 1.82) is 0 Å². The summed E-state index contributed by atoms with van der Waals surface area (Å²) in [6.45, 7) is 8.31. The van der Waals surface area contributed by atoms with Crippen LogP contribution in [0.2, 0.25) is 0 Å². The number of likely N-dealkylation sites (tertiary alicyclic amines) is 2. The molecule has 126 valence electrons. The van der Waals surface area contributed by atoms with E-state index in [4.69, 9.17) is 0 Å². The average molecular weight is 315 g/mol. The molecule has 2 aliphatic rings. The van der Waals surface area contributed by atoms with Crippen molar-refractivity contribution in [2.75, 3.05) is 26.2 Å². The van der Waals surface area contributed by atoms with E-state index in [0.29, 0.717) is 12.0 Å². The summed E-state index contributed by atoms with van der Waals surface area (Å²) in [6.07, 6.45) is 3.43. The van der Waals surface area contributed by atoms with Crippen molar-refractivity contribution in [3.05, 3.63) is 35.9 Å². The molecule has 2 aliphatic heterocycles. The summed E-state index contributed by atoms with van der Waals surface area (Å²) in [6, 6.07) is 11.5. The van der Waals surface area contributed by atoms with Gasteiger partial charge in [0.25, 0.3) is 0 Å². The molecule has 0 aliphatic carbocycles. The molecule has 4 nitrogen and oxygen atoms in total. The molecule has 3 atom stereocenters. The second-order valence-electron chi connectivity index (χ2n) is 7.21. The zero-order valence-corrected chi connectivity index (χ0v) is 14.4. The highest BCUT2D eigenvalue weighted by molar-refractivity contribution is 5.74. The number of urea groups is 1. The summed E-state index contributed by atoms with van der Waals surface area (Å²) in [7, 11) is 0. The fourth-order valence-corrected chi connectivity index (χ4v) is 3.84. The minimum absolute atomic E-state index is 0.135. The van der Waals surface area contributed by atoms with Gasteiger partial charge in [-0.15, -0.1) is 0 Å². The summed E-state index contributed by atoms with van der Waals surface area (Å²) in [5.74, 6) is 0.632. The normalized spacial score (nSPS) is 27.0. The first-order valence-electron chi connectivity index (χ1n) is 8.98. The number of piperidine rings is 1. The number of nitrogens with zero attached hydrogens (tertiary/aromatic N) is 2. The third-order valence-electron chi connectivity index (χ3n) is 5.32. The zero-order chi connectivity index (χ0) is 16.2. The van der Waals surface area contributed by atoms with Crippen molar-refractivity contribution in [1.82, 2.24) is 15.1 Å². The maximum Gasteiger partial charge on any atom is 0.317 e. The maximum absolute atomic E-state index is 12.4. The molecule has 0 bridgehead atoms. The minimum Gasteiger partial charge on any atom is -0.334 e. The van der Waals surface area contributed by atoms with Crippen molar-refractivity contribution in [2.45, 2.75) is 45.2 Å². The lowest BCUT2D eigenvalue weighted by molar-refractivity contribution is 0.165. The zero-order valence-electron chi connectivity index (χ0n) is 14.4. The number of hydrogen-bond donors (Lipinski definition) is 1. The Hall–Kier alpha value is -1.55. The summed E-state index contributed by atoms with van der Waals surface area (Å²) >= 11 is 0. The molecule has 0 radical (unpaired) electrons. The van der Waals surface area contributed by atoms with E-state index in [1.54, 1.807) is 0 Å². The Balaban J connectivity index is 1.50. The molecule has 0 spiro atoms. The van der Waals surface area contributed by atoms with Gasteiger partial charge in [0.2, 0.25) is 0 Å². The monoisotopic (exact) mass is 315 g/mol. The molecule has 0 saturated carbocycles. The average Bonchev–Trinajstić information content (AvgIpc) is 3.03. The first kappa shape index (κ1) is 16.3. The van der Waals surface area contributed by atoms with Gasteiger partial charge in [0.05, 0.1) is 0 Å². The third-order valence-corrected chi connectivity index (χ3v) is 5.32. The molecule has 2 fully saturated rings. The van der Waals surface area contributed by atoms with E-state index >= 15 is 0 Å². The van der Waals surface area contributed by atoms with Gasteiger partial charge in [0, 0.05) is 38.3 Å². The third kappa shape index (κ3) is 4.05. The number of carbonyl (C=O) groups excluding carboxylic acids is 1. The Kier molecular flexibility index (Phi) is 5.21. The molecule has 3 rings (SSSR count). The smallest absolute Gasteiger partial charge is 0.317 e. The standard InChI is InChI=1S/C19H29N3O/c1-15-7-6-11-22(13-15)19(23)20-18-10-12-21(14-18)16(2)17-8-4-3-5-9-17/h3-5,8-9,15-16,18H,6-7,10-14H2,1-2H3,(H,20,23). The van der Waals surface area contributed by atoms with Gasteiger partial charge in [-0.25, -0.2) is 4.79 Å². The van der Waals surface area contributed by atoms with E-state index < -0.39 is 0 Å². The van der Waals surface area contributed by atoms with Crippen LogP contribution in [-0.4, -0.2) is 48.1 Å². The van der Waals surface area contributed by atoms with Gasteiger partial charge in [0.15, 0.2) is 0 Å². The molecule has 2 heterocycles. The molecule has 0 aromatic heterocycles. The summed E-state index contributed by atoms with van der Waals surface area (Å²) in [5, 5.41) is 3.25. The fraction of sp³-hybridized carbons (Fsp3) is 0.632. The van der Waals surface area contributed by atoms with Crippen LogP contribution in [0.4, 0.5) is 4.79 Å². The summed E-state index contributed by atoms with van der Waals surface area (Å²) < 4.78 is 0. The Morgan fingerprint density at radius 3 is 2.70 bits per heavy atom. The number of rotatable bonds is 3. The van der Waals surface area contributed by atoms with E-state index in [-0.39, 0.29) is 12.1 Å². The number of amides is 2. The van der Waals surface area contributed by atoms with Gasteiger partial charge >= 0.3 is 6.03 Å². The highest BCUT2D eigenvalue weighted by atomic mass is 16.2. The summed E-state index contributed by atoms with van der Waals surface area (Å²) in [5.41, 5.74) is 1.35. The molecule has 2 saturated heterocycles. The van der Waals surface area contributed by atoms with Crippen molar-refractivity contribution in [2.24, 2.45) is 5.92 Å². The van der Waals surface area contributed by atoms with Gasteiger partial charge in [-0.05, 0) is 37.7 Å². The first-order chi connectivity index (χ1) is 11.1. The highest BCUT2D eigenvalue weighted by Crippen LogP contribution is 2.24. The van der Waals surface area contributed by atoms with Gasteiger partial charge < -0.3 is 10.2 Å². The number of benzene rings is 1. The quantitative estimate of drug-likeness (QED) is 0.929. The van der Waals surface area contributed by atoms with Crippen LogP contribution in [0.1, 0.15) is 44.7 Å². The van der Waals surface area contributed by atoms with Crippen molar-refractivity contribution >= 4 is 6.03 Å². The Morgan fingerprint density at radius 1 is 1.17 bits per heavy atom. The first-order valence-corrected chi connectivity index (χ1v) is 8.98. The number of nitrogens with one attached hydrogen (secondary N) is 1. The summed E-state index contributed by atoms with van der Waals surface area (Å²) in [4.78, 5) is 16.9. The second kappa shape index (κ2) is 7.35. The van der Waals surface area contributed by atoms with E-state index in [0.717, 1.165) is 39.0 Å². The molecular weight excluding hydrogens is 286 g/mol. The van der Waals surface area contributed by atoms with Crippen LogP contribution in [0, 0.1) is 5.92 Å². The van der Waals surface area contributed by atoms with Gasteiger partial charge in [-0.2, -0.15) is 0 Å². The molecule has 1 aromatic rings. The van der Waals surface area contributed by atoms with Gasteiger partial charge in [-0.3, -0.25) is 4.90 Å². The Labute approximate surface area is 139 Å². The molecule has 23 heavy (non-hydrogen) atoms. The van der Waals surface area contributed by atoms with Crippen LogP contribution < -0.4 is 5.32 Å². The largest absolute Gasteiger partial charge is 0.334 e. The molecule has 3 unspecified atom stereocenters. The van der Waals surface area contributed by atoms with Crippen LogP contribution in [0.15, 0.2) is 30.3 Å². The van der Waals surface area contributed by atoms with Crippen LogP contribution in [-0.2, 0) is 0 Å². The van der Waals surface area contributed by atoms with Crippen molar-refractivity contribution in [3.8, 4) is 0 Å². The van der Waals surface area contributed by atoms with Crippen LogP contribution in [0.5, 0.6) is 0 Å². The van der Waals surface area contributed by atoms with Gasteiger partial charge in [0.1, 0.15) is 0 Å². The Morgan fingerprint density at radius 2 is 1.96 bits per heavy atom. The lowest BCUT2D eigenvalue weighted by atomic mass is 10.0. The van der Waals surface area contributed by atoms with E-state index in [9.17, 15) is 4.79 Å². The van der Waals surface area contributed by atoms with Crippen LogP contribution >= 0.6 is 0 Å². The topological polar surface area (TPSA) is 35.6 Å². The van der Waals surface area contributed by atoms with Gasteiger partial charge in [-0.1, -0.05) is 37.3 Å². The minimum atomic E-state index is 0.135. The number of hydrogen-bond acceptors (Lipinski definition) is 2. The lowest BCUT2D eigenvalue weighted by Gasteiger charge is -2.32. The van der Waals surface area contributed by atoms with E-state index in [1.165, 1.54) is 12.0 Å². The van der Waals surface area contributed by atoms with Crippen LogP contribution in [0.3, 0.4) is 0 Å². The predicted octanol–water partition coefficient (Wildman–Crippen LogP) is 3.26. The predicted molar refractivity (Wildman–Crippen MR) is 93.3 cm³/mol. The molecule has 1 aromatic carbocycles. The van der Waals surface area contributed by atoms with Crippen LogP contribution in [0.25, 0.3) is 0 Å². The molecule has 1 N–H and O–H groups in total. The highest BCUT2D eigenvalue weighted by Gasteiger charge is 2.29. The molecule has 2 amide bonds. The SMILES string of the molecule is CC1CCCN(C(=O)NC2CCN(C(C)c3ccccc3)C2)C1. The van der Waals surface area contributed by atoms with E-state index in [1.807, 2.05) is 4.90 Å². The van der Waals surface area contributed by atoms with E-state index in [2.05, 4.69) is 54.4 Å².